The maximum absolute atomic E-state index is 12.2. The molecule has 10 nitrogen and oxygen atoms in total. The van der Waals surface area contributed by atoms with Crippen LogP contribution in [-0.4, -0.2) is 94.1 Å². The highest BCUT2D eigenvalue weighted by molar-refractivity contribution is 7.89. The van der Waals surface area contributed by atoms with Crippen LogP contribution in [0.5, 0.6) is 0 Å². The number of piperidine rings is 1. The van der Waals surface area contributed by atoms with Crippen LogP contribution in [0.2, 0.25) is 0 Å². The Kier molecular flexibility index (Phi) is 10.4. The van der Waals surface area contributed by atoms with Crippen molar-refractivity contribution in [3.05, 3.63) is 42.4 Å². The van der Waals surface area contributed by atoms with E-state index in [-0.39, 0.29) is 11.3 Å². The minimum absolute atomic E-state index is 0.169. The predicted molar refractivity (Wildman–Crippen MR) is 130 cm³/mol. The van der Waals surface area contributed by atoms with Crippen LogP contribution >= 0.6 is 0 Å². The van der Waals surface area contributed by atoms with Gasteiger partial charge in [-0.05, 0) is 32.4 Å². The summed E-state index contributed by atoms with van der Waals surface area (Å²) in [6.45, 7) is 4.70. The van der Waals surface area contributed by atoms with Crippen molar-refractivity contribution in [3.63, 3.8) is 0 Å². The Bertz CT molecular complexity index is 1250. The van der Waals surface area contributed by atoms with Gasteiger partial charge < -0.3 is 14.8 Å². The van der Waals surface area contributed by atoms with Crippen LogP contribution in [0.25, 0.3) is 11.3 Å². The number of imidazole rings is 1. The molecule has 1 aromatic heterocycles. The number of aliphatic carboxylic acids is 2. The van der Waals surface area contributed by atoms with Crippen molar-refractivity contribution in [3.8, 4) is 11.3 Å². The van der Waals surface area contributed by atoms with E-state index in [9.17, 15) is 34.8 Å². The van der Waals surface area contributed by atoms with Gasteiger partial charge in [0.2, 0.25) is 10.0 Å². The zero-order valence-electron chi connectivity index (χ0n) is 21.4. The largest absolute Gasteiger partial charge is 0.490 e. The van der Waals surface area contributed by atoms with Crippen LogP contribution in [0.3, 0.4) is 0 Å². The predicted octanol–water partition coefficient (Wildman–Crippen LogP) is 3.40. The number of hydrogen-bond donors (Lipinski definition) is 2. The first-order chi connectivity index (χ1) is 18.4. The van der Waals surface area contributed by atoms with E-state index in [4.69, 9.17) is 24.8 Å². The minimum atomic E-state index is -5.08. The van der Waals surface area contributed by atoms with Gasteiger partial charge in [0, 0.05) is 26.2 Å². The average molecular weight is 603 g/mol. The highest BCUT2D eigenvalue weighted by atomic mass is 32.2. The van der Waals surface area contributed by atoms with Crippen molar-refractivity contribution in [2.75, 3.05) is 32.4 Å². The maximum atomic E-state index is 12.2. The summed E-state index contributed by atoms with van der Waals surface area (Å²) >= 11 is 0. The van der Waals surface area contributed by atoms with E-state index in [1.165, 1.54) is 5.56 Å². The lowest BCUT2D eigenvalue weighted by atomic mass is 9.84. The summed E-state index contributed by atoms with van der Waals surface area (Å²) < 4.78 is 91.9. The van der Waals surface area contributed by atoms with E-state index < -0.39 is 34.3 Å². The van der Waals surface area contributed by atoms with Gasteiger partial charge in [-0.15, -0.1) is 0 Å². The van der Waals surface area contributed by atoms with Gasteiger partial charge in [0.1, 0.15) is 5.82 Å². The summed E-state index contributed by atoms with van der Waals surface area (Å²) in [7, 11) is -0.978. The molecule has 224 valence electrons. The molecule has 1 fully saturated rings. The fourth-order valence-electron chi connectivity index (χ4n) is 4.37. The van der Waals surface area contributed by atoms with Crippen molar-refractivity contribution in [2.45, 2.75) is 44.2 Å². The fraction of sp³-hybridized carbons (Fsp3) is 0.522. The van der Waals surface area contributed by atoms with Gasteiger partial charge >= 0.3 is 24.3 Å². The van der Waals surface area contributed by atoms with E-state index in [0.717, 1.165) is 37.4 Å². The summed E-state index contributed by atoms with van der Waals surface area (Å²) in [5, 5.41) is 14.2. The first-order valence-electron chi connectivity index (χ1n) is 11.8. The first kappa shape index (κ1) is 33.0. The highest BCUT2D eigenvalue weighted by Crippen LogP contribution is 2.42. The summed E-state index contributed by atoms with van der Waals surface area (Å²) in [4.78, 5) is 25.0. The number of carboxylic acid groups (broad SMARTS) is 2. The molecule has 0 saturated carbocycles. The number of rotatable bonds is 3. The number of fused-ring (bicyclic) bond motifs is 2. The third kappa shape index (κ3) is 7.72. The third-order valence-corrected chi connectivity index (χ3v) is 8.41. The number of nitrogens with zero attached hydrogens (tertiary/aromatic N) is 4. The van der Waals surface area contributed by atoms with Crippen LogP contribution < -0.4 is 0 Å². The molecular formula is C23H28F6N4O6S. The number of carboxylic acids is 2. The molecule has 0 aliphatic carbocycles. The summed E-state index contributed by atoms with van der Waals surface area (Å²) in [5.74, 6) is -4.26. The van der Waals surface area contributed by atoms with Crippen LogP contribution in [0.4, 0.5) is 26.3 Å². The van der Waals surface area contributed by atoms with Crippen molar-refractivity contribution in [1.82, 2.24) is 18.8 Å². The summed E-state index contributed by atoms with van der Waals surface area (Å²) in [6.07, 6.45) is -6.62. The normalized spacial score (nSPS) is 17.6. The van der Waals surface area contributed by atoms with Gasteiger partial charge in [-0.2, -0.15) is 26.3 Å². The zero-order valence-corrected chi connectivity index (χ0v) is 22.2. The second-order valence-electron chi connectivity index (χ2n) is 8.84. The van der Waals surface area contributed by atoms with Crippen molar-refractivity contribution in [1.29, 1.82) is 0 Å². The molecule has 0 bridgehead atoms. The van der Waals surface area contributed by atoms with E-state index in [0.29, 0.717) is 13.1 Å². The Morgan fingerprint density at radius 1 is 0.925 bits per heavy atom. The molecule has 1 saturated heterocycles. The second-order valence-corrected chi connectivity index (χ2v) is 11.1. The van der Waals surface area contributed by atoms with E-state index in [1.807, 2.05) is 24.4 Å². The Labute approximate surface area is 225 Å². The maximum Gasteiger partial charge on any atom is 0.490 e. The van der Waals surface area contributed by atoms with Crippen molar-refractivity contribution < 1.29 is 54.6 Å². The molecule has 2 aliphatic rings. The fourth-order valence-corrected chi connectivity index (χ4v) is 5.47. The SMILES string of the molecule is CCS(=O)(=O)N1CCC2(CC1)c1ncc(-c3ccccc3)n1CCN2C.O=C(O)C(F)(F)F.O=C(O)C(F)(F)F. The number of carbonyl (C=O) groups is 2. The Morgan fingerprint density at radius 3 is 1.82 bits per heavy atom. The quantitative estimate of drug-likeness (QED) is 0.511. The highest BCUT2D eigenvalue weighted by Gasteiger charge is 2.47. The van der Waals surface area contributed by atoms with Crippen LogP contribution in [0.1, 0.15) is 25.6 Å². The zero-order chi connectivity index (χ0) is 30.5. The molecule has 40 heavy (non-hydrogen) atoms. The van der Waals surface area contributed by atoms with Crippen LogP contribution in [0, 0.1) is 0 Å². The number of alkyl halides is 6. The first-order valence-corrected chi connectivity index (χ1v) is 13.4. The monoisotopic (exact) mass is 602 g/mol. The standard InChI is InChI=1S/C19H26N4O2S.2C2HF3O2/c1-3-26(24,25)22-11-9-19(10-12-22)18-20-15-17(16-7-5-4-6-8-16)23(18)14-13-21(19)2;2*3-2(4,5)1(6)7/h4-8,15H,3,9-14H2,1-2H3;2*(H,6,7). The molecule has 2 aliphatic heterocycles. The minimum Gasteiger partial charge on any atom is -0.475 e. The number of sulfonamides is 1. The smallest absolute Gasteiger partial charge is 0.475 e. The lowest BCUT2D eigenvalue weighted by Crippen LogP contribution is -2.57. The molecule has 0 unspecified atom stereocenters. The molecule has 0 amide bonds. The van der Waals surface area contributed by atoms with E-state index >= 15 is 0 Å². The number of halogens is 6. The number of likely N-dealkylation sites (N-methyl/N-ethyl adjacent to an activating group) is 1. The average Bonchev–Trinajstić information content (AvgIpc) is 3.32. The Hall–Kier alpha value is -3.18. The van der Waals surface area contributed by atoms with Gasteiger partial charge in [0.05, 0.1) is 23.2 Å². The third-order valence-electron chi connectivity index (χ3n) is 6.52. The van der Waals surface area contributed by atoms with Gasteiger partial charge in [-0.1, -0.05) is 30.3 Å². The molecule has 3 heterocycles. The van der Waals surface area contributed by atoms with Gasteiger partial charge in [0.15, 0.2) is 0 Å². The van der Waals surface area contributed by atoms with Crippen molar-refractivity contribution >= 4 is 22.0 Å². The molecule has 2 aromatic rings. The summed E-state index contributed by atoms with van der Waals surface area (Å²) in [5.41, 5.74) is 2.15. The topological polar surface area (TPSA) is 133 Å². The van der Waals surface area contributed by atoms with Gasteiger partial charge in [-0.25, -0.2) is 27.3 Å². The van der Waals surface area contributed by atoms with E-state index in [1.54, 1.807) is 11.2 Å². The molecule has 17 heteroatoms. The van der Waals surface area contributed by atoms with Crippen LogP contribution in [-0.2, 0) is 31.7 Å². The molecule has 0 radical (unpaired) electrons. The molecule has 2 N–H and O–H groups in total. The van der Waals surface area contributed by atoms with E-state index in [2.05, 4.69) is 28.6 Å². The molecule has 4 rings (SSSR count). The number of aromatic nitrogens is 2. The Balaban J connectivity index is 0.000000333. The van der Waals surface area contributed by atoms with Gasteiger partial charge in [-0.3, -0.25) is 4.90 Å². The van der Waals surface area contributed by atoms with Crippen molar-refractivity contribution in [2.24, 2.45) is 0 Å². The van der Waals surface area contributed by atoms with Crippen LogP contribution in [0.15, 0.2) is 36.5 Å². The molecule has 1 spiro atoms. The second kappa shape index (κ2) is 12.6. The Morgan fingerprint density at radius 2 is 1.40 bits per heavy atom. The molecule has 0 atom stereocenters. The molecular weight excluding hydrogens is 574 g/mol. The molecule has 1 aromatic carbocycles. The number of hydrogen-bond acceptors (Lipinski definition) is 6. The summed E-state index contributed by atoms with van der Waals surface area (Å²) in [6, 6.07) is 10.4. The lowest BCUT2D eigenvalue weighted by molar-refractivity contribution is -0.193. The van der Waals surface area contributed by atoms with Gasteiger partial charge in [0.25, 0.3) is 0 Å². The lowest BCUT2D eigenvalue weighted by Gasteiger charge is -2.49. The number of benzene rings is 1.